The summed E-state index contributed by atoms with van der Waals surface area (Å²) in [7, 11) is 0. The summed E-state index contributed by atoms with van der Waals surface area (Å²) in [6, 6.07) is 11.1. The molecule has 0 bridgehead atoms. The molecule has 21 heavy (non-hydrogen) atoms. The van der Waals surface area contributed by atoms with Crippen LogP contribution in [-0.4, -0.2) is 18.2 Å². The van der Waals surface area contributed by atoms with Crippen molar-refractivity contribution in [3.63, 3.8) is 0 Å². The van der Waals surface area contributed by atoms with Crippen molar-refractivity contribution in [2.45, 2.75) is 0 Å². The van der Waals surface area contributed by atoms with Crippen LogP contribution in [0.2, 0.25) is 0 Å². The van der Waals surface area contributed by atoms with E-state index >= 15 is 0 Å². The van der Waals surface area contributed by atoms with Crippen molar-refractivity contribution in [1.29, 1.82) is 5.26 Å². The maximum Gasteiger partial charge on any atom is 0.170 e. The van der Waals surface area contributed by atoms with E-state index in [1.807, 2.05) is 18.2 Å². The van der Waals surface area contributed by atoms with E-state index in [9.17, 15) is 5.26 Å². The zero-order valence-electron chi connectivity index (χ0n) is 11.0. The largest absolute Gasteiger partial charge is 0.486 e. The van der Waals surface area contributed by atoms with Crippen LogP contribution < -0.4 is 9.47 Å². The standard InChI is InChI=1S/C16H11ClN2O2/c17-15(13(9-18)11-3-2-6-19-10-11)12-4-1-5-14-16(12)21-8-7-20-14/h1-6,10H,7-8H2/b15-13-. The summed E-state index contributed by atoms with van der Waals surface area (Å²) in [5.41, 5.74) is 1.67. The number of hydrogen-bond donors (Lipinski definition) is 0. The smallest absolute Gasteiger partial charge is 0.170 e. The molecule has 0 saturated heterocycles. The molecule has 104 valence electrons. The Morgan fingerprint density at radius 1 is 1.19 bits per heavy atom. The topological polar surface area (TPSA) is 55.1 Å². The minimum atomic E-state index is 0.327. The summed E-state index contributed by atoms with van der Waals surface area (Å²) in [6.07, 6.45) is 3.25. The SMILES string of the molecule is N#C/C(=C(/Cl)c1cccc2c1OCCO2)c1cccnc1. The molecule has 5 heteroatoms. The third kappa shape index (κ3) is 2.56. The average molecular weight is 299 g/mol. The van der Waals surface area contributed by atoms with Crippen molar-refractivity contribution < 1.29 is 9.47 Å². The van der Waals surface area contributed by atoms with Gasteiger partial charge in [-0.05, 0) is 18.2 Å². The molecule has 0 fully saturated rings. The van der Waals surface area contributed by atoms with E-state index < -0.39 is 0 Å². The quantitative estimate of drug-likeness (QED) is 0.797. The van der Waals surface area contributed by atoms with Gasteiger partial charge < -0.3 is 9.47 Å². The fourth-order valence-electron chi connectivity index (χ4n) is 2.13. The number of fused-ring (bicyclic) bond motifs is 1. The van der Waals surface area contributed by atoms with Gasteiger partial charge in [0.2, 0.25) is 0 Å². The van der Waals surface area contributed by atoms with Crippen LogP contribution in [0.5, 0.6) is 11.5 Å². The molecule has 0 spiro atoms. The molecule has 1 aromatic heterocycles. The highest BCUT2D eigenvalue weighted by molar-refractivity contribution is 6.53. The Kier molecular flexibility index (Phi) is 3.76. The van der Waals surface area contributed by atoms with Crippen LogP contribution in [0.4, 0.5) is 0 Å². The first-order valence-corrected chi connectivity index (χ1v) is 6.78. The van der Waals surface area contributed by atoms with Crippen LogP contribution in [-0.2, 0) is 0 Å². The van der Waals surface area contributed by atoms with E-state index in [0.29, 0.717) is 46.4 Å². The number of aromatic nitrogens is 1. The molecular formula is C16H11ClN2O2. The van der Waals surface area contributed by atoms with Crippen molar-refractivity contribution in [2.24, 2.45) is 0 Å². The fourth-order valence-corrected chi connectivity index (χ4v) is 2.43. The van der Waals surface area contributed by atoms with Crippen molar-refractivity contribution in [3.8, 4) is 17.6 Å². The molecule has 4 nitrogen and oxygen atoms in total. The zero-order valence-corrected chi connectivity index (χ0v) is 11.8. The number of rotatable bonds is 2. The second-order valence-corrected chi connectivity index (χ2v) is 4.75. The van der Waals surface area contributed by atoms with Gasteiger partial charge in [0.25, 0.3) is 0 Å². The van der Waals surface area contributed by atoms with Gasteiger partial charge in [-0.15, -0.1) is 0 Å². The molecule has 2 aromatic rings. The van der Waals surface area contributed by atoms with E-state index in [4.69, 9.17) is 21.1 Å². The normalized spacial score (nSPS) is 14.1. The lowest BCUT2D eigenvalue weighted by atomic mass is 10.0. The lowest BCUT2D eigenvalue weighted by Gasteiger charge is -2.21. The molecule has 1 aliphatic rings. The van der Waals surface area contributed by atoms with Gasteiger partial charge >= 0.3 is 0 Å². The maximum absolute atomic E-state index is 9.42. The molecule has 2 heterocycles. The van der Waals surface area contributed by atoms with Gasteiger partial charge in [0.05, 0.1) is 10.6 Å². The van der Waals surface area contributed by atoms with Crippen LogP contribution in [0, 0.1) is 11.3 Å². The molecule has 0 saturated carbocycles. The zero-order chi connectivity index (χ0) is 14.7. The monoisotopic (exact) mass is 298 g/mol. The van der Waals surface area contributed by atoms with E-state index in [-0.39, 0.29) is 0 Å². The van der Waals surface area contributed by atoms with Crippen molar-refractivity contribution in [2.75, 3.05) is 13.2 Å². The van der Waals surface area contributed by atoms with Crippen molar-refractivity contribution in [1.82, 2.24) is 4.98 Å². The molecule has 3 rings (SSSR count). The maximum atomic E-state index is 9.42. The Balaban J connectivity index is 2.15. The van der Waals surface area contributed by atoms with Gasteiger partial charge in [0.1, 0.15) is 19.3 Å². The number of allylic oxidation sites excluding steroid dienone is 1. The molecule has 0 atom stereocenters. The number of nitriles is 1. The summed E-state index contributed by atoms with van der Waals surface area (Å²) in [5.74, 6) is 1.21. The van der Waals surface area contributed by atoms with Crippen LogP contribution in [0.3, 0.4) is 0 Å². The molecule has 0 unspecified atom stereocenters. The number of pyridine rings is 1. The predicted molar refractivity (Wildman–Crippen MR) is 79.9 cm³/mol. The number of ether oxygens (including phenoxy) is 2. The number of nitrogens with zero attached hydrogens (tertiary/aromatic N) is 2. The van der Waals surface area contributed by atoms with E-state index in [1.54, 1.807) is 24.5 Å². The third-order valence-electron chi connectivity index (χ3n) is 3.08. The molecular weight excluding hydrogens is 288 g/mol. The van der Waals surface area contributed by atoms with Gasteiger partial charge in [-0.2, -0.15) is 5.26 Å². The third-order valence-corrected chi connectivity index (χ3v) is 3.48. The van der Waals surface area contributed by atoms with Crippen LogP contribution in [0.15, 0.2) is 42.7 Å². The van der Waals surface area contributed by atoms with Crippen LogP contribution in [0.25, 0.3) is 10.6 Å². The first kappa shape index (κ1) is 13.5. The highest BCUT2D eigenvalue weighted by Gasteiger charge is 2.20. The second-order valence-electron chi connectivity index (χ2n) is 4.37. The summed E-state index contributed by atoms with van der Waals surface area (Å²) < 4.78 is 11.2. The first-order chi connectivity index (χ1) is 10.3. The van der Waals surface area contributed by atoms with E-state index in [2.05, 4.69) is 11.1 Å². The lowest BCUT2D eigenvalue weighted by molar-refractivity contribution is 0.171. The first-order valence-electron chi connectivity index (χ1n) is 6.40. The average Bonchev–Trinajstić information content (AvgIpc) is 2.56. The summed E-state index contributed by atoms with van der Waals surface area (Å²) in [4.78, 5) is 4.02. The number of hydrogen-bond acceptors (Lipinski definition) is 4. The van der Waals surface area contributed by atoms with Gasteiger partial charge in [0.15, 0.2) is 11.5 Å². The minimum absolute atomic E-state index is 0.327. The Morgan fingerprint density at radius 3 is 2.81 bits per heavy atom. The molecule has 1 aliphatic heterocycles. The van der Waals surface area contributed by atoms with Gasteiger partial charge in [-0.25, -0.2) is 0 Å². The summed E-state index contributed by atoms with van der Waals surface area (Å²) in [5, 5.41) is 9.75. The van der Waals surface area contributed by atoms with E-state index in [0.717, 1.165) is 0 Å². The van der Waals surface area contributed by atoms with Crippen LogP contribution in [0.1, 0.15) is 11.1 Å². The molecule has 0 amide bonds. The van der Waals surface area contributed by atoms with Gasteiger partial charge in [-0.3, -0.25) is 4.98 Å². The molecule has 1 aromatic carbocycles. The van der Waals surface area contributed by atoms with Crippen molar-refractivity contribution in [3.05, 3.63) is 53.9 Å². The fraction of sp³-hybridized carbons (Fsp3) is 0.125. The second kappa shape index (κ2) is 5.86. The highest BCUT2D eigenvalue weighted by Crippen LogP contribution is 2.41. The Hall–Kier alpha value is -2.51. The van der Waals surface area contributed by atoms with Gasteiger partial charge in [0, 0.05) is 23.5 Å². The van der Waals surface area contributed by atoms with Crippen LogP contribution >= 0.6 is 11.6 Å². The highest BCUT2D eigenvalue weighted by atomic mass is 35.5. The number of para-hydroxylation sites is 1. The van der Waals surface area contributed by atoms with Crippen molar-refractivity contribution >= 4 is 22.2 Å². The van der Waals surface area contributed by atoms with Gasteiger partial charge in [-0.1, -0.05) is 23.7 Å². The summed E-state index contributed by atoms with van der Waals surface area (Å²) in [6.45, 7) is 0.967. The predicted octanol–water partition coefficient (Wildman–Crippen LogP) is 3.48. The lowest BCUT2D eigenvalue weighted by Crippen LogP contribution is -2.16. The Bertz CT molecular complexity index is 736. The minimum Gasteiger partial charge on any atom is -0.486 e. The van der Waals surface area contributed by atoms with E-state index in [1.165, 1.54) is 0 Å². The molecule has 0 N–H and O–H groups in total. The Morgan fingerprint density at radius 2 is 2.05 bits per heavy atom. The number of halogens is 1. The molecule has 0 aliphatic carbocycles. The Labute approximate surface area is 127 Å². The number of benzene rings is 1. The molecule has 0 radical (unpaired) electrons. The summed E-state index contributed by atoms with van der Waals surface area (Å²) >= 11 is 6.44.